The Morgan fingerprint density at radius 1 is 1.07 bits per heavy atom. The maximum absolute atomic E-state index is 12.8. The summed E-state index contributed by atoms with van der Waals surface area (Å²) in [4.78, 5) is 40.0. The van der Waals surface area contributed by atoms with Crippen molar-refractivity contribution in [3.63, 3.8) is 0 Å². The van der Waals surface area contributed by atoms with Gasteiger partial charge in [-0.2, -0.15) is 0 Å². The highest BCUT2D eigenvalue weighted by atomic mass is 16.6. The molecule has 1 aliphatic rings. The molecule has 0 atom stereocenters. The molecule has 1 aliphatic heterocycles. The van der Waals surface area contributed by atoms with Gasteiger partial charge in [-0.3, -0.25) is 4.79 Å². The van der Waals surface area contributed by atoms with Gasteiger partial charge < -0.3 is 19.6 Å². The van der Waals surface area contributed by atoms with E-state index in [9.17, 15) is 19.5 Å². The predicted octanol–water partition coefficient (Wildman–Crippen LogP) is 3.98. The second-order valence-corrected chi connectivity index (χ2v) is 8.37. The first-order valence-corrected chi connectivity index (χ1v) is 10.2. The number of carbonyl (C=O) groups excluding carboxylic acids is 2. The van der Waals surface area contributed by atoms with Crippen molar-refractivity contribution in [3.05, 3.63) is 34.9 Å². The normalized spacial score (nSPS) is 15.1. The molecule has 7 nitrogen and oxygen atoms in total. The molecule has 0 radical (unpaired) electrons. The van der Waals surface area contributed by atoms with Crippen molar-refractivity contribution in [1.82, 2.24) is 9.80 Å². The van der Waals surface area contributed by atoms with E-state index >= 15 is 0 Å². The lowest BCUT2D eigenvalue weighted by molar-refractivity contribution is 0.0204. The second-order valence-electron chi connectivity index (χ2n) is 8.37. The number of nitrogens with zero attached hydrogens (tertiary/aromatic N) is 2. The average molecular weight is 405 g/mol. The van der Waals surface area contributed by atoms with E-state index in [0.29, 0.717) is 44.6 Å². The van der Waals surface area contributed by atoms with Crippen LogP contribution >= 0.6 is 0 Å². The van der Waals surface area contributed by atoms with Crippen molar-refractivity contribution < 1.29 is 24.2 Å². The van der Waals surface area contributed by atoms with E-state index in [1.54, 1.807) is 21.9 Å². The zero-order valence-corrected chi connectivity index (χ0v) is 18.0. The molecule has 0 saturated carbocycles. The zero-order valence-electron chi connectivity index (χ0n) is 18.0. The van der Waals surface area contributed by atoms with Crippen LogP contribution in [0.4, 0.5) is 4.79 Å². The van der Waals surface area contributed by atoms with Crippen LogP contribution in [0.1, 0.15) is 79.7 Å². The molecule has 0 spiro atoms. The molecule has 1 saturated heterocycles. The lowest BCUT2D eigenvalue weighted by atomic mass is 9.87. The van der Waals surface area contributed by atoms with Crippen molar-refractivity contribution in [1.29, 1.82) is 0 Å². The molecule has 1 aromatic rings. The van der Waals surface area contributed by atoms with Gasteiger partial charge in [-0.15, -0.1) is 0 Å². The highest BCUT2D eigenvalue weighted by Gasteiger charge is 2.28. The Morgan fingerprint density at radius 2 is 1.62 bits per heavy atom. The van der Waals surface area contributed by atoms with Crippen LogP contribution in [0.5, 0.6) is 0 Å². The number of piperidine rings is 1. The quantitative estimate of drug-likeness (QED) is 0.802. The number of ether oxygens (including phenoxy) is 1. The number of carbonyl (C=O) groups is 3. The first kappa shape index (κ1) is 22.7. The summed E-state index contributed by atoms with van der Waals surface area (Å²) in [5.74, 6) is -1.12. The summed E-state index contributed by atoms with van der Waals surface area (Å²) in [6.07, 6.45) is 1.07. The number of benzene rings is 1. The van der Waals surface area contributed by atoms with Gasteiger partial charge in [-0.05, 0) is 77.1 Å². The Morgan fingerprint density at radius 3 is 2.10 bits per heavy atom. The summed E-state index contributed by atoms with van der Waals surface area (Å²) in [5, 5.41) is 9.50. The highest BCUT2D eigenvalue weighted by Crippen LogP contribution is 2.30. The number of hydrogen-bond acceptors (Lipinski definition) is 4. The average Bonchev–Trinajstić information content (AvgIpc) is 2.67. The van der Waals surface area contributed by atoms with Gasteiger partial charge in [-0.25, -0.2) is 9.59 Å². The van der Waals surface area contributed by atoms with Crippen molar-refractivity contribution in [2.75, 3.05) is 26.2 Å². The van der Waals surface area contributed by atoms with E-state index in [1.807, 2.05) is 34.6 Å². The minimum atomic E-state index is -1.05. The summed E-state index contributed by atoms with van der Waals surface area (Å²) < 4.78 is 5.43. The minimum Gasteiger partial charge on any atom is -0.478 e. The van der Waals surface area contributed by atoms with Crippen LogP contribution in [-0.4, -0.2) is 64.7 Å². The molecule has 0 aromatic heterocycles. The molecule has 1 fully saturated rings. The molecule has 0 aliphatic carbocycles. The summed E-state index contributed by atoms with van der Waals surface area (Å²) in [5.41, 5.74) is 0.818. The Balaban J connectivity index is 2.19. The molecular formula is C22H32N2O5. The lowest BCUT2D eigenvalue weighted by Crippen LogP contribution is -2.41. The fourth-order valence-corrected chi connectivity index (χ4v) is 3.55. The van der Waals surface area contributed by atoms with E-state index in [-0.39, 0.29) is 23.5 Å². The van der Waals surface area contributed by atoms with E-state index < -0.39 is 11.6 Å². The third-order valence-corrected chi connectivity index (χ3v) is 5.12. The highest BCUT2D eigenvalue weighted by molar-refractivity contribution is 5.97. The second kappa shape index (κ2) is 9.29. The van der Waals surface area contributed by atoms with Gasteiger partial charge >= 0.3 is 12.1 Å². The van der Waals surface area contributed by atoms with Gasteiger partial charge in [0.2, 0.25) is 0 Å². The summed E-state index contributed by atoms with van der Waals surface area (Å²) in [7, 11) is 0. The van der Waals surface area contributed by atoms with Crippen molar-refractivity contribution in [3.8, 4) is 0 Å². The Labute approximate surface area is 172 Å². The van der Waals surface area contributed by atoms with Crippen molar-refractivity contribution in [2.24, 2.45) is 0 Å². The van der Waals surface area contributed by atoms with Crippen LogP contribution in [-0.2, 0) is 4.74 Å². The van der Waals surface area contributed by atoms with E-state index in [2.05, 4.69) is 0 Å². The van der Waals surface area contributed by atoms with Crippen molar-refractivity contribution in [2.45, 2.75) is 59.0 Å². The van der Waals surface area contributed by atoms with Crippen LogP contribution in [0, 0.1) is 0 Å². The molecular weight excluding hydrogens is 372 g/mol. The molecule has 0 bridgehead atoms. The summed E-state index contributed by atoms with van der Waals surface area (Å²) in [6, 6.07) is 4.90. The molecule has 29 heavy (non-hydrogen) atoms. The van der Waals surface area contributed by atoms with Crippen LogP contribution in [0.3, 0.4) is 0 Å². The molecule has 2 rings (SSSR count). The first-order valence-electron chi connectivity index (χ1n) is 10.2. The topological polar surface area (TPSA) is 87.2 Å². The third-order valence-electron chi connectivity index (χ3n) is 5.12. The van der Waals surface area contributed by atoms with Crippen molar-refractivity contribution >= 4 is 18.0 Å². The molecule has 0 unspecified atom stereocenters. The van der Waals surface area contributed by atoms with Gasteiger partial charge in [0.15, 0.2) is 0 Å². The summed E-state index contributed by atoms with van der Waals surface area (Å²) >= 11 is 0. The number of rotatable bonds is 5. The van der Waals surface area contributed by atoms with E-state index in [0.717, 1.165) is 5.56 Å². The van der Waals surface area contributed by atoms with Crippen LogP contribution < -0.4 is 0 Å². The molecule has 7 heteroatoms. The maximum Gasteiger partial charge on any atom is 0.410 e. The number of hydrogen-bond donors (Lipinski definition) is 1. The molecule has 160 valence electrons. The van der Waals surface area contributed by atoms with E-state index in [4.69, 9.17) is 4.74 Å². The van der Waals surface area contributed by atoms with Gasteiger partial charge in [0.25, 0.3) is 5.91 Å². The van der Waals surface area contributed by atoms with Gasteiger partial charge in [0.1, 0.15) is 5.60 Å². The lowest BCUT2D eigenvalue weighted by Gasteiger charge is -2.33. The standard InChI is InChI=1S/C22H32N2O5/c1-6-23(7-2)19(25)17-12-16(13-18(14-17)20(26)27)15-8-10-24(11-9-15)21(28)29-22(3,4)5/h12-15H,6-11H2,1-5H3,(H,26,27). The number of likely N-dealkylation sites (tertiary alicyclic amines) is 1. The SMILES string of the molecule is CCN(CC)C(=O)c1cc(C(=O)O)cc(C2CCN(C(=O)OC(C)(C)C)CC2)c1. The monoisotopic (exact) mass is 404 g/mol. The number of carboxylic acid groups (broad SMARTS) is 1. The number of aromatic carboxylic acids is 1. The Bertz CT molecular complexity index is 757. The Hall–Kier alpha value is -2.57. The predicted molar refractivity (Wildman–Crippen MR) is 110 cm³/mol. The Kier molecular flexibility index (Phi) is 7.27. The molecule has 1 heterocycles. The van der Waals surface area contributed by atoms with E-state index in [1.165, 1.54) is 6.07 Å². The molecule has 2 amide bonds. The zero-order chi connectivity index (χ0) is 21.8. The minimum absolute atomic E-state index is 0.0937. The largest absolute Gasteiger partial charge is 0.478 e. The fourth-order valence-electron chi connectivity index (χ4n) is 3.55. The maximum atomic E-state index is 12.8. The molecule has 1 aromatic carbocycles. The van der Waals surface area contributed by atoms with Gasteiger partial charge in [0.05, 0.1) is 5.56 Å². The van der Waals surface area contributed by atoms with Crippen LogP contribution in [0.25, 0.3) is 0 Å². The fraction of sp³-hybridized carbons (Fsp3) is 0.591. The number of carboxylic acids is 1. The smallest absolute Gasteiger partial charge is 0.410 e. The summed E-state index contributed by atoms with van der Waals surface area (Å²) in [6.45, 7) is 11.5. The molecule has 1 N–H and O–H groups in total. The van der Waals surface area contributed by atoms with Gasteiger partial charge in [0, 0.05) is 31.7 Å². The van der Waals surface area contributed by atoms with Crippen LogP contribution in [0.2, 0.25) is 0 Å². The first-order chi connectivity index (χ1) is 13.6. The number of amides is 2. The van der Waals surface area contributed by atoms with Crippen LogP contribution in [0.15, 0.2) is 18.2 Å². The third kappa shape index (κ3) is 5.95. The van der Waals surface area contributed by atoms with Gasteiger partial charge in [-0.1, -0.05) is 0 Å².